The Hall–Kier alpha value is -4.70. The number of carbonyl (C=O) groups excluding carboxylic acids is 2. The molecule has 1 heterocycles. The molecule has 1 aromatic heterocycles. The highest BCUT2D eigenvalue weighted by Crippen LogP contribution is 2.52. The Morgan fingerprint density at radius 2 is 1.94 bits per heavy atom. The number of aliphatic carboxylic acids is 1. The monoisotopic (exact) mass is 652 g/mol. The lowest BCUT2D eigenvalue weighted by Gasteiger charge is -2.47. The topological polar surface area (TPSA) is 190 Å². The van der Waals surface area contributed by atoms with Crippen LogP contribution >= 0.6 is 0 Å². The number of rotatable bonds is 17. The number of nitrogens with one attached hydrogen (secondary N) is 2. The van der Waals surface area contributed by atoms with E-state index in [4.69, 9.17) is 17.2 Å². The van der Waals surface area contributed by atoms with Crippen LogP contribution in [0.1, 0.15) is 61.6 Å². The van der Waals surface area contributed by atoms with Gasteiger partial charge in [0, 0.05) is 30.7 Å². The third kappa shape index (κ3) is 8.60. The number of carboxylic acid groups (broad SMARTS) is 1. The lowest BCUT2D eigenvalue weighted by atomic mass is 9.58. The SMILES string of the molecule is CC(C=O)CCC(N)CCC1C=CC2Cc3cc4ccc(CC=O)cc4cc3C1C2CC(Nc1ccc[nH]1)C(=CC(=O)O)CN=C(N)N. The molecule has 10 heteroatoms. The predicted molar refractivity (Wildman–Crippen MR) is 191 cm³/mol. The van der Waals surface area contributed by atoms with Crippen LogP contribution in [0, 0.1) is 23.7 Å². The first-order valence-electron chi connectivity index (χ1n) is 16.9. The summed E-state index contributed by atoms with van der Waals surface area (Å²) in [7, 11) is 0. The van der Waals surface area contributed by atoms with Gasteiger partial charge in [0.05, 0.1) is 12.6 Å². The van der Waals surface area contributed by atoms with E-state index in [2.05, 4.69) is 51.7 Å². The number of hydrogen-bond acceptors (Lipinski definition) is 6. The number of fused-ring (bicyclic) bond motifs is 5. The quantitative estimate of drug-likeness (QED) is 0.0392. The second kappa shape index (κ2) is 15.9. The van der Waals surface area contributed by atoms with Gasteiger partial charge in [-0.05, 0) is 107 Å². The second-order valence-corrected chi connectivity index (χ2v) is 13.6. The van der Waals surface area contributed by atoms with E-state index in [9.17, 15) is 19.5 Å². The van der Waals surface area contributed by atoms with Gasteiger partial charge in [0.1, 0.15) is 18.4 Å². The fourth-order valence-corrected chi connectivity index (χ4v) is 7.66. The molecule has 9 N–H and O–H groups in total. The number of nitrogens with zero attached hydrogens (tertiary/aromatic N) is 1. The molecule has 0 radical (unpaired) electrons. The fraction of sp³-hybridized carbons (Fsp3) is 0.421. The van der Waals surface area contributed by atoms with Crippen molar-refractivity contribution in [2.45, 2.75) is 69.9 Å². The highest BCUT2D eigenvalue weighted by Gasteiger charge is 2.43. The van der Waals surface area contributed by atoms with Crippen LogP contribution < -0.4 is 22.5 Å². The van der Waals surface area contributed by atoms with Crippen LogP contribution in [-0.4, -0.2) is 53.2 Å². The highest BCUT2D eigenvalue weighted by atomic mass is 16.4. The maximum Gasteiger partial charge on any atom is 0.328 e. The molecule has 0 amide bonds. The van der Waals surface area contributed by atoms with E-state index in [1.165, 1.54) is 17.2 Å². The minimum atomic E-state index is -1.06. The molecule has 48 heavy (non-hydrogen) atoms. The number of aromatic nitrogens is 1. The number of carbonyl (C=O) groups is 3. The standard InChI is InChI=1S/C38H48N6O4/c1-23(22-46)4-10-31(39)11-9-25-7-8-27-17-29-16-26-6-5-24(12-14-45)15-28(26)18-32(29)37(25)33(27)20-34(44-35-3-2-13-42-35)30(19-36(47)48)21-43-38(40)41/h2-3,5-8,13-16,18-19,22-23,25,27,31,33-34,37,42,44H,4,9-12,17,20-21,39H2,1H3,(H,47,48)(H4,40,41,43). The summed E-state index contributed by atoms with van der Waals surface area (Å²) in [6.07, 6.45) is 14.9. The van der Waals surface area contributed by atoms with E-state index in [1.807, 2.05) is 31.3 Å². The third-order valence-electron chi connectivity index (χ3n) is 10.1. The lowest BCUT2D eigenvalue weighted by molar-refractivity contribution is -0.131. The number of aldehydes is 2. The number of carboxylic acids is 1. The van der Waals surface area contributed by atoms with Crippen molar-refractivity contribution in [1.29, 1.82) is 0 Å². The van der Waals surface area contributed by atoms with Crippen LogP contribution in [0.5, 0.6) is 0 Å². The molecule has 3 aromatic rings. The van der Waals surface area contributed by atoms with Crippen LogP contribution in [0.4, 0.5) is 5.82 Å². The maximum absolute atomic E-state index is 12.0. The van der Waals surface area contributed by atoms with E-state index in [0.717, 1.165) is 66.8 Å². The Labute approximate surface area is 281 Å². The number of hydrogen-bond donors (Lipinski definition) is 6. The molecule has 7 unspecified atom stereocenters. The Bertz CT molecular complexity index is 1680. The summed E-state index contributed by atoms with van der Waals surface area (Å²) in [5, 5.41) is 15.7. The zero-order valence-corrected chi connectivity index (χ0v) is 27.6. The number of anilines is 1. The van der Waals surface area contributed by atoms with Crippen molar-refractivity contribution in [3.8, 4) is 0 Å². The van der Waals surface area contributed by atoms with Crippen molar-refractivity contribution in [3.63, 3.8) is 0 Å². The molecule has 0 saturated heterocycles. The predicted octanol–water partition coefficient (Wildman–Crippen LogP) is 4.85. The third-order valence-corrected chi connectivity index (χ3v) is 10.1. The first-order chi connectivity index (χ1) is 23.1. The minimum absolute atomic E-state index is 0.00508. The van der Waals surface area contributed by atoms with E-state index >= 15 is 0 Å². The number of allylic oxidation sites excluding steroid dienone is 2. The van der Waals surface area contributed by atoms with E-state index in [1.54, 1.807) is 0 Å². The molecule has 0 saturated carbocycles. The van der Waals surface area contributed by atoms with Gasteiger partial charge in [-0.15, -0.1) is 0 Å². The molecule has 10 nitrogen and oxygen atoms in total. The fourth-order valence-electron chi connectivity index (χ4n) is 7.66. The Morgan fingerprint density at radius 3 is 2.65 bits per heavy atom. The van der Waals surface area contributed by atoms with Crippen LogP contribution in [0.2, 0.25) is 0 Å². The van der Waals surface area contributed by atoms with Crippen molar-refractivity contribution in [2.75, 3.05) is 11.9 Å². The van der Waals surface area contributed by atoms with Gasteiger partial charge >= 0.3 is 5.97 Å². The number of H-pyrrole nitrogens is 1. The van der Waals surface area contributed by atoms with Crippen molar-refractivity contribution in [3.05, 3.63) is 89.2 Å². The smallest absolute Gasteiger partial charge is 0.328 e. The molecule has 2 bridgehead atoms. The summed E-state index contributed by atoms with van der Waals surface area (Å²) in [6.45, 7) is 1.99. The van der Waals surface area contributed by atoms with Gasteiger partial charge in [0.25, 0.3) is 0 Å². The molecule has 0 fully saturated rings. The summed E-state index contributed by atoms with van der Waals surface area (Å²) in [5.41, 5.74) is 22.2. The first kappa shape index (κ1) is 34.6. The van der Waals surface area contributed by atoms with Crippen molar-refractivity contribution in [1.82, 2.24) is 4.98 Å². The molecular formula is C38H48N6O4. The Kier molecular flexibility index (Phi) is 11.5. The van der Waals surface area contributed by atoms with Gasteiger partial charge in [0.15, 0.2) is 5.96 Å². The number of benzene rings is 2. The van der Waals surface area contributed by atoms with Gasteiger partial charge in [-0.25, -0.2) is 9.79 Å². The van der Waals surface area contributed by atoms with Gasteiger partial charge in [0.2, 0.25) is 0 Å². The van der Waals surface area contributed by atoms with Crippen LogP contribution in [0.15, 0.2) is 77.5 Å². The number of aromatic amines is 1. The van der Waals surface area contributed by atoms with Crippen LogP contribution in [0.3, 0.4) is 0 Å². The molecule has 2 aliphatic carbocycles. The zero-order chi connectivity index (χ0) is 34.2. The van der Waals surface area contributed by atoms with E-state index in [0.29, 0.717) is 18.4 Å². The molecule has 5 rings (SSSR count). The second-order valence-electron chi connectivity index (χ2n) is 13.6. The average molecular weight is 653 g/mol. The summed E-state index contributed by atoms with van der Waals surface area (Å²) in [6, 6.07) is 14.3. The van der Waals surface area contributed by atoms with Gasteiger partial charge < -0.3 is 42.2 Å². The molecule has 2 aliphatic rings. The number of guanidine groups is 1. The number of nitrogens with two attached hydrogens (primary N) is 3. The summed E-state index contributed by atoms with van der Waals surface area (Å²) >= 11 is 0. The molecule has 0 spiro atoms. The summed E-state index contributed by atoms with van der Waals surface area (Å²) in [5.74, 6) is 0.408. The Morgan fingerprint density at radius 1 is 1.10 bits per heavy atom. The van der Waals surface area contributed by atoms with Crippen LogP contribution in [-0.2, 0) is 27.2 Å². The molecule has 2 aromatic carbocycles. The van der Waals surface area contributed by atoms with E-state index in [-0.39, 0.29) is 54.2 Å². The van der Waals surface area contributed by atoms with Gasteiger partial charge in [-0.1, -0.05) is 49.4 Å². The first-order valence-corrected chi connectivity index (χ1v) is 16.9. The zero-order valence-electron chi connectivity index (χ0n) is 27.6. The normalized spacial score (nSPS) is 21.9. The van der Waals surface area contributed by atoms with E-state index < -0.39 is 5.97 Å². The van der Waals surface area contributed by atoms with Crippen molar-refractivity contribution in [2.24, 2.45) is 45.9 Å². The summed E-state index contributed by atoms with van der Waals surface area (Å²) < 4.78 is 0. The highest BCUT2D eigenvalue weighted by molar-refractivity contribution is 5.86. The Balaban J connectivity index is 1.53. The van der Waals surface area contributed by atoms with Crippen molar-refractivity contribution < 1.29 is 19.5 Å². The van der Waals surface area contributed by atoms with Crippen molar-refractivity contribution >= 4 is 41.1 Å². The largest absolute Gasteiger partial charge is 0.478 e. The average Bonchev–Trinajstić information content (AvgIpc) is 3.57. The van der Waals surface area contributed by atoms with Gasteiger partial charge in [-0.3, -0.25) is 0 Å². The maximum atomic E-state index is 12.0. The molecule has 0 aliphatic heterocycles. The molecule has 7 atom stereocenters. The van der Waals surface area contributed by atoms with Gasteiger partial charge in [-0.2, -0.15) is 0 Å². The summed E-state index contributed by atoms with van der Waals surface area (Å²) in [4.78, 5) is 41.9. The van der Waals surface area contributed by atoms with Crippen LogP contribution in [0.25, 0.3) is 10.8 Å². The molecule has 254 valence electrons. The number of aliphatic imine (C=N–C) groups is 1. The molecular weight excluding hydrogens is 604 g/mol. The minimum Gasteiger partial charge on any atom is -0.478 e. The lowest BCUT2D eigenvalue weighted by Crippen LogP contribution is -2.40.